The second-order valence-corrected chi connectivity index (χ2v) is 7.54. The van der Waals surface area contributed by atoms with E-state index < -0.39 is 16.6 Å². The van der Waals surface area contributed by atoms with Gasteiger partial charge in [-0.2, -0.15) is 4.98 Å². The average Bonchev–Trinajstić information content (AvgIpc) is 3.41. The highest BCUT2D eigenvalue weighted by molar-refractivity contribution is 7.03. The number of benzene rings is 2. The third kappa shape index (κ3) is 5.72. The van der Waals surface area contributed by atoms with Crippen LogP contribution in [0.3, 0.4) is 0 Å². The summed E-state index contributed by atoms with van der Waals surface area (Å²) in [5.74, 6) is -1.13. The largest absolute Gasteiger partial charge is 0.460 e. The maximum absolute atomic E-state index is 12.3. The number of aromatic nitrogens is 4. The molecule has 2 aromatic carbocycles. The van der Waals surface area contributed by atoms with Crippen molar-refractivity contribution in [2.24, 2.45) is 0 Å². The molecule has 35 heavy (non-hydrogen) atoms. The smallest absolute Gasteiger partial charge is 0.373 e. The molecule has 4 aromatic rings. The number of para-hydroxylation sites is 1. The monoisotopic (exact) mass is 494 g/mol. The van der Waals surface area contributed by atoms with Crippen LogP contribution in [-0.4, -0.2) is 48.8 Å². The highest BCUT2D eigenvalue weighted by Crippen LogP contribution is 2.35. The van der Waals surface area contributed by atoms with E-state index in [2.05, 4.69) is 24.9 Å². The molecular formula is C22H18N6O6S. The van der Waals surface area contributed by atoms with E-state index in [0.29, 0.717) is 0 Å². The average molecular weight is 494 g/mol. The molecule has 0 bridgehead atoms. The minimum absolute atomic E-state index is 0.00954. The third-order valence-corrected chi connectivity index (χ3v) is 5.18. The van der Waals surface area contributed by atoms with Gasteiger partial charge in [-0.1, -0.05) is 40.9 Å². The Labute approximate surface area is 202 Å². The SMILES string of the molecule is O=C(OCCO)c1ccccc1Oc1ncnc(NCc2ccc(-c3csnn3)cc2)c1[N+](=O)[O-]. The third-order valence-electron chi connectivity index (χ3n) is 4.68. The van der Waals surface area contributed by atoms with Gasteiger partial charge in [-0.25, -0.2) is 9.78 Å². The summed E-state index contributed by atoms with van der Waals surface area (Å²) in [6.07, 6.45) is 1.12. The molecule has 0 aliphatic carbocycles. The first kappa shape index (κ1) is 23.7. The molecule has 2 aromatic heterocycles. The van der Waals surface area contributed by atoms with Crippen molar-refractivity contribution in [3.8, 4) is 22.9 Å². The molecule has 0 radical (unpaired) electrons. The van der Waals surface area contributed by atoms with Crippen LogP contribution < -0.4 is 10.1 Å². The van der Waals surface area contributed by atoms with Crippen LogP contribution in [0, 0.1) is 10.1 Å². The van der Waals surface area contributed by atoms with Gasteiger partial charge in [0.15, 0.2) is 0 Å². The number of ether oxygens (including phenoxy) is 2. The summed E-state index contributed by atoms with van der Waals surface area (Å²) in [6.45, 7) is -0.292. The van der Waals surface area contributed by atoms with E-state index in [1.165, 1.54) is 23.7 Å². The molecule has 0 spiro atoms. The predicted octanol–water partition coefficient (Wildman–Crippen LogP) is 3.46. The number of nitrogens with zero attached hydrogens (tertiary/aromatic N) is 5. The molecule has 12 nitrogen and oxygen atoms in total. The Bertz CT molecular complexity index is 1320. The van der Waals surface area contributed by atoms with Crippen molar-refractivity contribution in [2.75, 3.05) is 18.5 Å². The summed E-state index contributed by atoms with van der Waals surface area (Å²) in [5, 5.41) is 29.5. The van der Waals surface area contributed by atoms with Crippen LogP contribution in [-0.2, 0) is 11.3 Å². The second kappa shape index (κ2) is 11.1. The lowest BCUT2D eigenvalue weighted by Crippen LogP contribution is -2.11. The van der Waals surface area contributed by atoms with E-state index in [1.807, 2.05) is 29.6 Å². The van der Waals surface area contributed by atoms with Gasteiger partial charge in [0.25, 0.3) is 0 Å². The van der Waals surface area contributed by atoms with Crippen LogP contribution in [0.15, 0.2) is 60.2 Å². The summed E-state index contributed by atoms with van der Waals surface area (Å²) < 4.78 is 14.4. The van der Waals surface area contributed by atoms with Gasteiger partial charge in [0.2, 0.25) is 5.82 Å². The van der Waals surface area contributed by atoms with Gasteiger partial charge >= 0.3 is 17.5 Å². The lowest BCUT2D eigenvalue weighted by molar-refractivity contribution is -0.385. The lowest BCUT2D eigenvalue weighted by atomic mass is 10.1. The molecule has 2 heterocycles. The van der Waals surface area contributed by atoms with E-state index in [1.54, 1.807) is 12.1 Å². The first-order valence-corrected chi connectivity index (χ1v) is 11.0. The molecule has 0 aliphatic heterocycles. The zero-order valence-electron chi connectivity index (χ0n) is 18.0. The highest BCUT2D eigenvalue weighted by atomic mass is 32.1. The van der Waals surface area contributed by atoms with Crippen LogP contribution in [0.1, 0.15) is 15.9 Å². The zero-order valence-corrected chi connectivity index (χ0v) is 18.8. The number of rotatable bonds is 10. The number of aliphatic hydroxyl groups excluding tert-OH is 1. The lowest BCUT2D eigenvalue weighted by Gasteiger charge is -2.12. The molecule has 0 saturated heterocycles. The van der Waals surface area contributed by atoms with Gasteiger partial charge in [-0.15, -0.1) is 5.10 Å². The van der Waals surface area contributed by atoms with Crippen LogP contribution in [0.5, 0.6) is 11.6 Å². The Balaban J connectivity index is 1.54. The number of nitrogens with one attached hydrogen (secondary N) is 1. The number of aliphatic hydroxyl groups is 1. The van der Waals surface area contributed by atoms with E-state index >= 15 is 0 Å². The van der Waals surface area contributed by atoms with Crippen LogP contribution in [0.4, 0.5) is 11.5 Å². The fourth-order valence-electron chi connectivity index (χ4n) is 3.05. The van der Waals surface area contributed by atoms with Gasteiger partial charge < -0.3 is 19.9 Å². The van der Waals surface area contributed by atoms with Crippen LogP contribution in [0.25, 0.3) is 11.3 Å². The van der Waals surface area contributed by atoms with Crippen molar-refractivity contribution in [1.82, 2.24) is 19.6 Å². The van der Waals surface area contributed by atoms with Crippen molar-refractivity contribution in [3.05, 3.63) is 81.5 Å². The molecular weight excluding hydrogens is 476 g/mol. The number of hydrogen-bond acceptors (Lipinski definition) is 12. The number of anilines is 1. The first-order chi connectivity index (χ1) is 17.1. The van der Waals surface area contributed by atoms with Crippen molar-refractivity contribution >= 4 is 29.0 Å². The van der Waals surface area contributed by atoms with Crippen LogP contribution >= 0.6 is 11.5 Å². The number of carbonyl (C=O) groups is 1. The molecule has 0 saturated carbocycles. The molecule has 178 valence electrons. The molecule has 0 atom stereocenters. The Hall–Kier alpha value is -4.49. The standard InChI is InChI=1S/C22H18N6O6S/c29-9-10-33-22(30)16-3-1-2-4-18(16)34-21-19(28(31)32)20(24-13-25-21)23-11-14-5-7-15(8-6-14)17-12-35-27-26-17/h1-8,12-13,29H,9-11H2,(H,23,24,25). The van der Waals surface area contributed by atoms with Gasteiger partial charge in [0.05, 0.1) is 11.5 Å². The predicted molar refractivity (Wildman–Crippen MR) is 125 cm³/mol. The normalized spacial score (nSPS) is 10.5. The fourth-order valence-corrected chi connectivity index (χ4v) is 3.51. The molecule has 0 fully saturated rings. The number of nitro groups is 1. The van der Waals surface area contributed by atoms with E-state index in [0.717, 1.165) is 23.1 Å². The fraction of sp³-hybridized carbons (Fsp3) is 0.136. The van der Waals surface area contributed by atoms with E-state index in [9.17, 15) is 14.9 Å². The Morgan fingerprint density at radius 2 is 1.94 bits per heavy atom. The summed E-state index contributed by atoms with van der Waals surface area (Å²) in [4.78, 5) is 31.3. The summed E-state index contributed by atoms with van der Waals surface area (Å²) >= 11 is 1.26. The van der Waals surface area contributed by atoms with Crippen molar-refractivity contribution in [1.29, 1.82) is 0 Å². The Morgan fingerprint density at radius 3 is 2.66 bits per heavy atom. The quantitative estimate of drug-likeness (QED) is 0.188. The maximum atomic E-state index is 12.3. The minimum atomic E-state index is -0.749. The highest BCUT2D eigenvalue weighted by Gasteiger charge is 2.26. The topological polar surface area (TPSA) is 162 Å². The number of hydrogen-bond donors (Lipinski definition) is 2. The van der Waals surface area contributed by atoms with Crippen molar-refractivity contribution < 1.29 is 24.3 Å². The molecule has 2 N–H and O–H groups in total. The molecule has 0 unspecified atom stereocenters. The minimum Gasteiger partial charge on any atom is -0.460 e. The molecule has 13 heteroatoms. The summed E-state index contributed by atoms with van der Waals surface area (Å²) in [6, 6.07) is 13.5. The molecule has 4 rings (SSSR count). The first-order valence-electron chi connectivity index (χ1n) is 10.2. The Morgan fingerprint density at radius 1 is 1.14 bits per heavy atom. The van der Waals surface area contributed by atoms with Crippen molar-refractivity contribution in [3.63, 3.8) is 0 Å². The van der Waals surface area contributed by atoms with Crippen molar-refractivity contribution in [2.45, 2.75) is 6.54 Å². The van der Waals surface area contributed by atoms with Crippen LogP contribution in [0.2, 0.25) is 0 Å². The Kier molecular flexibility index (Phi) is 7.50. The van der Waals surface area contributed by atoms with Gasteiger partial charge in [0, 0.05) is 17.5 Å². The van der Waals surface area contributed by atoms with E-state index in [4.69, 9.17) is 14.6 Å². The van der Waals surface area contributed by atoms with Gasteiger partial charge in [-0.05, 0) is 29.2 Å². The number of carbonyl (C=O) groups excluding carboxylic acids is 1. The zero-order chi connectivity index (χ0) is 24.6. The van der Waals surface area contributed by atoms with E-state index in [-0.39, 0.29) is 42.8 Å². The summed E-state index contributed by atoms with van der Waals surface area (Å²) in [5.41, 5.74) is 2.06. The maximum Gasteiger partial charge on any atom is 0.373 e. The molecule has 0 aliphatic rings. The van der Waals surface area contributed by atoms with Gasteiger partial charge in [-0.3, -0.25) is 10.1 Å². The second-order valence-electron chi connectivity index (χ2n) is 6.93. The molecule has 0 amide bonds. The summed E-state index contributed by atoms with van der Waals surface area (Å²) in [7, 11) is 0. The van der Waals surface area contributed by atoms with Gasteiger partial charge in [0.1, 0.15) is 29.9 Å². The number of esters is 1.